The number of hydrogen-bond donors (Lipinski definition) is 1. The summed E-state index contributed by atoms with van der Waals surface area (Å²) in [6.45, 7) is 0. The van der Waals surface area contributed by atoms with Crippen molar-refractivity contribution >= 4 is 28.8 Å². The highest BCUT2D eigenvalue weighted by molar-refractivity contribution is 6.04. The van der Waals surface area contributed by atoms with Crippen molar-refractivity contribution in [3.63, 3.8) is 0 Å². The van der Waals surface area contributed by atoms with Crippen LogP contribution in [0.25, 0.3) is 11.0 Å². The van der Waals surface area contributed by atoms with Crippen molar-refractivity contribution in [1.82, 2.24) is 0 Å². The lowest BCUT2D eigenvalue weighted by Gasteiger charge is -2.10. The van der Waals surface area contributed by atoms with Gasteiger partial charge in [-0.05, 0) is 43.5 Å². The molecule has 0 unspecified atom stereocenters. The van der Waals surface area contributed by atoms with E-state index < -0.39 is 5.97 Å². The van der Waals surface area contributed by atoms with E-state index in [4.69, 9.17) is 9.15 Å². The predicted molar refractivity (Wildman–Crippen MR) is 99.6 cm³/mol. The number of phenolic OH excluding ortho intramolecular Hbond substituents is 1. The first-order valence-corrected chi connectivity index (χ1v) is 8.66. The van der Waals surface area contributed by atoms with Gasteiger partial charge in [-0.2, -0.15) is 0 Å². The van der Waals surface area contributed by atoms with E-state index in [1.807, 2.05) is 0 Å². The minimum Gasteiger partial charge on any atom is -0.507 e. The summed E-state index contributed by atoms with van der Waals surface area (Å²) in [5.74, 6) is 0.702. The molecular weight excluding hydrogens is 330 g/mol. The Morgan fingerprint density at radius 2 is 2.00 bits per heavy atom. The number of aryl methyl sites for hydroxylation is 2. The zero-order valence-electron chi connectivity index (χ0n) is 14.5. The number of hydrogen-bond acceptors (Lipinski definition) is 5. The SMILES string of the molecule is COC(=O)c1ccccc1N=Cc1c(O)ccc2oc3c(c12)CCCC3. The van der Waals surface area contributed by atoms with Gasteiger partial charge in [-0.1, -0.05) is 12.1 Å². The molecule has 1 aromatic heterocycles. The average molecular weight is 349 g/mol. The number of fused-ring (bicyclic) bond motifs is 3. The number of rotatable bonds is 3. The van der Waals surface area contributed by atoms with Gasteiger partial charge in [0, 0.05) is 29.1 Å². The molecule has 1 heterocycles. The normalized spacial score (nSPS) is 13.9. The number of aliphatic imine (C=N–C) groups is 1. The van der Waals surface area contributed by atoms with Crippen molar-refractivity contribution in [3.05, 3.63) is 58.8 Å². The number of carbonyl (C=O) groups excluding carboxylic acids is 1. The molecule has 0 bridgehead atoms. The number of methoxy groups -OCH3 is 1. The highest BCUT2D eigenvalue weighted by atomic mass is 16.5. The molecule has 1 aliphatic rings. The van der Waals surface area contributed by atoms with Crippen LogP contribution >= 0.6 is 0 Å². The lowest BCUT2D eigenvalue weighted by Crippen LogP contribution is -2.01. The predicted octanol–water partition coefficient (Wildman–Crippen LogP) is 4.55. The van der Waals surface area contributed by atoms with Crippen molar-refractivity contribution in [3.8, 4) is 5.75 Å². The quantitative estimate of drug-likeness (QED) is 0.556. The van der Waals surface area contributed by atoms with Crippen molar-refractivity contribution < 1.29 is 19.1 Å². The van der Waals surface area contributed by atoms with Crippen LogP contribution in [-0.4, -0.2) is 24.4 Å². The van der Waals surface area contributed by atoms with Crippen LogP contribution in [0.1, 0.15) is 40.1 Å². The number of phenols is 1. The van der Waals surface area contributed by atoms with Gasteiger partial charge in [-0.3, -0.25) is 4.99 Å². The number of furan rings is 1. The summed E-state index contributed by atoms with van der Waals surface area (Å²) < 4.78 is 10.8. The lowest BCUT2D eigenvalue weighted by atomic mass is 9.94. The minimum atomic E-state index is -0.444. The number of benzene rings is 2. The Morgan fingerprint density at radius 1 is 1.19 bits per heavy atom. The van der Waals surface area contributed by atoms with E-state index >= 15 is 0 Å². The van der Waals surface area contributed by atoms with Gasteiger partial charge in [0.1, 0.15) is 17.1 Å². The number of para-hydroxylation sites is 1. The zero-order chi connectivity index (χ0) is 18.1. The van der Waals surface area contributed by atoms with Gasteiger partial charge in [0.25, 0.3) is 0 Å². The first-order chi connectivity index (χ1) is 12.7. The van der Waals surface area contributed by atoms with Crippen LogP contribution in [0, 0.1) is 0 Å². The fraction of sp³-hybridized carbons (Fsp3) is 0.238. The molecule has 0 atom stereocenters. The molecule has 5 heteroatoms. The van der Waals surface area contributed by atoms with Gasteiger partial charge < -0.3 is 14.3 Å². The smallest absolute Gasteiger partial charge is 0.340 e. The molecule has 26 heavy (non-hydrogen) atoms. The molecule has 0 saturated heterocycles. The maximum absolute atomic E-state index is 11.9. The summed E-state index contributed by atoms with van der Waals surface area (Å²) >= 11 is 0. The number of nitrogens with zero attached hydrogens (tertiary/aromatic N) is 1. The largest absolute Gasteiger partial charge is 0.507 e. The molecule has 1 aliphatic carbocycles. The molecule has 2 aromatic carbocycles. The number of esters is 1. The topological polar surface area (TPSA) is 72.0 Å². The minimum absolute atomic E-state index is 0.144. The van der Waals surface area contributed by atoms with Gasteiger partial charge in [0.2, 0.25) is 0 Å². The van der Waals surface area contributed by atoms with E-state index in [1.165, 1.54) is 7.11 Å². The average Bonchev–Trinajstić information content (AvgIpc) is 3.06. The Balaban J connectivity index is 1.83. The summed E-state index contributed by atoms with van der Waals surface area (Å²) in [6, 6.07) is 10.4. The third-order valence-electron chi connectivity index (χ3n) is 4.78. The number of aromatic hydroxyl groups is 1. The van der Waals surface area contributed by atoms with E-state index in [9.17, 15) is 9.90 Å². The van der Waals surface area contributed by atoms with Crippen LogP contribution in [0.5, 0.6) is 5.75 Å². The Morgan fingerprint density at radius 3 is 2.85 bits per heavy atom. The van der Waals surface area contributed by atoms with E-state index in [1.54, 1.807) is 42.6 Å². The molecule has 5 nitrogen and oxygen atoms in total. The molecular formula is C21H19NO4. The zero-order valence-corrected chi connectivity index (χ0v) is 14.5. The molecule has 0 amide bonds. The van der Waals surface area contributed by atoms with Gasteiger partial charge in [0.05, 0.1) is 18.4 Å². The number of carbonyl (C=O) groups is 1. The molecule has 0 spiro atoms. The van der Waals surface area contributed by atoms with Crippen LogP contribution in [0.4, 0.5) is 5.69 Å². The third-order valence-corrected chi connectivity index (χ3v) is 4.78. The van der Waals surface area contributed by atoms with Crippen molar-refractivity contribution in [1.29, 1.82) is 0 Å². The fourth-order valence-corrected chi connectivity index (χ4v) is 3.51. The van der Waals surface area contributed by atoms with Crippen LogP contribution in [0.2, 0.25) is 0 Å². The molecule has 0 fully saturated rings. The second-order valence-electron chi connectivity index (χ2n) is 6.35. The molecule has 0 saturated carbocycles. The fourth-order valence-electron chi connectivity index (χ4n) is 3.51. The van der Waals surface area contributed by atoms with Crippen molar-refractivity contribution in [2.24, 2.45) is 4.99 Å². The number of ether oxygens (including phenoxy) is 1. The highest BCUT2D eigenvalue weighted by Crippen LogP contribution is 2.37. The third kappa shape index (κ3) is 2.75. The first-order valence-electron chi connectivity index (χ1n) is 8.66. The summed E-state index contributed by atoms with van der Waals surface area (Å²) in [7, 11) is 1.34. The maximum atomic E-state index is 11.9. The van der Waals surface area contributed by atoms with Crippen molar-refractivity contribution in [2.75, 3.05) is 7.11 Å². The molecule has 1 N–H and O–H groups in total. The first kappa shape index (κ1) is 16.4. The van der Waals surface area contributed by atoms with Gasteiger partial charge in [0.15, 0.2) is 0 Å². The Hall–Kier alpha value is -3.08. The van der Waals surface area contributed by atoms with Crippen LogP contribution in [0.3, 0.4) is 0 Å². The second kappa shape index (κ2) is 6.67. The molecule has 0 aliphatic heterocycles. The summed E-state index contributed by atoms with van der Waals surface area (Å²) in [4.78, 5) is 16.4. The monoisotopic (exact) mass is 349 g/mol. The van der Waals surface area contributed by atoms with E-state index in [-0.39, 0.29) is 5.75 Å². The Bertz CT molecular complexity index is 1020. The van der Waals surface area contributed by atoms with E-state index in [0.29, 0.717) is 16.8 Å². The van der Waals surface area contributed by atoms with E-state index in [2.05, 4.69) is 4.99 Å². The van der Waals surface area contributed by atoms with Gasteiger partial charge in [-0.25, -0.2) is 4.79 Å². The second-order valence-corrected chi connectivity index (χ2v) is 6.35. The van der Waals surface area contributed by atoms with Gasteiger partial charge >= 0.3 is 5.97 Å². The van der Waals surface area contributed by atoms with Crippen LogP contribution in [-0.2, 0) is 17.6 Å². The molecule has 4 rings (SSSR count). The summed E-state index contributed by atoms with van der Waals surface area (Å²) in [6.07, 6.45) is 5.69. The van der Waals surface area contributed by atoms with E-state index in [0.717, 1.165) is 48.0 Å². The Kier molecular flexibility index (Phi) is 4.21. The van der Waals surface area contributed by atoms with Crippen LogP contribution in [0.15, 0.2) is 45.8 Å². The molecule has 0 radical (unpaired) electrons. The van der Waals surface area contributed by atoms with Crippen molar-refractivity contribution in [2.45, 2.75) is 25.7 Å². The maximum Gasteiger partial charge on any atom is 0.340 e. The summed E-state index contributed by atoms with van der Waals surface area (Å²) in [5, 5.41) is 11.3. The molecule has 3 aromatic rings. The van der Waals surface area contributed by atoms with Crippen LogP contribution < -0.4 is 0 Å². The lowest BCUT2D eigenvalue weighted by molar-refractivity contribution is 0.0601. The standard InChI is InChI=1S/C21H19NO4/c1-25-21(24)13-6-2-4-8-16(13)22-12-15-17(23)10-11-19-20(15)14-7-3-5-9-18(14)26-19/h2,4,6,8,10-12,23H,3,5,7,9H2,1H3. The van der Waals surface area contributed by atoms with Gasteiger partial charge in [-0.15, -0.1) is 0 Å². The highest BCUT2D eigenvalue weighted by Gasteiger charge is 2.21. The summed E-state index contributed by atoms with van der Waals surface area (Å²) in [5.41, 5.74) is 3.41. The molecule has 132 valence electrons. The Labute approximate surface area is 150 Å².